The van der Waals surface area contributed by atoms with Crippen molar-refractivity contribution in [2.75, 3.05) is 0 Å². The number of hydrogen-bond donors (Lipinski definition) is 2. The van der Waals surface area contributed by atoms with E-state index in [9.17, 15) is 15.0 Å². The summed E-state index contributed by atoms with van der Waals surface area (Å²) in [5.74, 6) is 1.20. The molecule has 1 heterocycles. The maximum absolute atomic E-state index is 13.3. The zero-order chi connectivity index (χ0) is 20.5. The molecule has 2 N–H and O–H groups in total. The van der Waals surface area contributed by atoms with Crippen molar-refractivity contribution in [1.82, 2.24) is 0 Å². The lowest BCUT2D eigenvalue weighted by Crippen LogP contribution is -2.03. The molecule has 1 aromatic heterocycles. The predicted octanol–water partition coefficient (Wildman–Crippen LogP) is 6.21. The van der Waals surface area contributed by atoms with Crippen LogP contribution >= 0.6 is 11.3 Å². The van der Waals surface area contributed by atoms with Gasteiger partial charge >= 0.3 is 0 Å². The third-order valence-corrected chi connectivity index (χ3v) is 5.97. The first-order valence-electron chi connectivity index (χ1n) is 9.33. The maximum atomic E-state index is 13.3. The quantitative estimate of drug-likeness (QED) is 0.388. The number of phenols is 2. The van der Waals surface area contributed by atoms with Crippen LogP contribution < -0.4 is 4.74 Å². The van der Waals surface area contributed by atoms with Crippen LogP contribution in [-0.4, -0.2) is 16.0 Å². The Morgan fingerprint density at radius 2 is 1.66 bits per heavy atom. The monoisotopic (exact) mass is 404 g/mol. The van der Waals surface area contributed by atoms with Gasteiger partial charge in [0.05, 0.1) is 0 Å². The van der Waals surface area contributed by atoms with E-state index in [1.54, 1.807) is 37.3 Å². The Balaban J connectivity index is 1.83. The Bertz CT molecular complexity index is 1210. The van der Waals surface area contributed by atoms with Crippen molar-refractivity contribution in [1.29, 1.82) is 0 Å². The second-order valence-corrected chi connectivity index (χ2v) is 7.92. The van der Waals surface area contributed by atoms with E-state index in [4.69, 9.17) is 4.74 Å². The van der Waals surface area contributed by atoms with Crippen molar-refractivity contribution in [3.63, 3.8) is 0 Å². The highest BCUT2D eigenvalue weighted by atomic mass is 32.1. The third kappa shape index (κ3) is 3.69. The van der Waals surface area contributed by atoms with Crippen LogP contribution in [0.3, 0.4) is 0 Å². The first kappa shape index (κ1) is 19.0. The van der Waals surface area contributed by atoms with Gasteiger partial charge in [-0.3, -0.25) is 4.79 Å². The Hall–Kier alpha value is -3.31. The highest BCUT2D eigenvalue weighted by Crippen LogP contribution is 2.43. The molecule has 0 atom stereocenters. The molecule has 4 nitrogen and oxygen atoms in total. The van der Waals surface area contributed by atoms with E-state index in [0.717, 1.165) is 16.5 Å². The fraction of sp³-hybridized carbons (Fsp3) is 0.125. The smallest absolute Gasteiger partial charge is 0.207 e. The van der Waals surface area contributed by atoms with Gasteiger partial charge in [-0.05, 0) is 73.0 Å². The number of thiophene rings is 1. The van der Waals surface area contributed by atoms with Crippen LogP contribution in [0.1, 0.15) is 33.3 Å². The van der Waals surface area contributed by atoms with E-state index in [2.05, 4.69) is 6.92 Å². The largest absolute Gasteiger partial charge is 0.508 e. The molecule has 0 fully saturated rings. The summed E-state index contributed by atoms with van der Waals surface area (Å²) in [4.78, 5) is 13.8. The van der Waals surface area contributed by atoms with Gasteiger partial charge in [-0.15, -0.1) is 11.3 Å². The fourth-order valence-electron chi connectivity index (χ4n) is 3.25. The summed E-state index contributed by atoms with van der Waals surface area (Å²) in [6.45, 7) is 3.88. The molecule has 0 bridgehead atoms. The van der Waals surface area contributed by atoms with Gasteiger partial charge in [0.15, 0.2) is 5.75 Å². The van der Waals surface area contributed by atoms with E-state index in [1.807, 2.05) is 24.3 Å². The SMILES string of the molecule is CCc1ccc(Oc2c(C(=O)c3ccc(O)cc3C)sc3cc(O)ccc23)cc1. The normalized spacial score (nSPS) is 11.0. The molecule has 29 heavy (non-hydrogen) atoms. The highest BCUT2D eigenvalue weighted by molar-refractivity contribution is 7.21. The van der Waals surface area contributed by atoms with Crippen molar-refractivity contribution >= 4 is 27.2 Å². The molecule has 0 saturated carbocycles. The summed E-state index contributed by atoms with van der Waals surface area (Å²) >= 11 is 1.28. The number of carbonyl (C=O) groups is 1. The number of aryl methyl sites for hydroxylation is 2. The predicted molar refractivity (Wildman–Crippen MR) is 116 cm³/mol. The van der Waals surface area contributed by atoms with E-state index >= 15 is 0 Å². The second kappa shape index (κ2) is 7.60. The Kier molecular flexibility index (Phi) is 4.99. The lowest BCUT2D eigenvalue weighted by atomic mass is 10.0. The number of hydrogen-bond acceptors (Lipinski definition) is 5. The summed E-state index contributed by atoms with van der Waals surface area (Å²) in [5, 5.41) is 20.3. The number of carbonyl (C=O) groups excluding carboxylic acids is 1. The van der Waals surface area contributed by atoms with Crippen molar-refractivity contribution < 1.29 is 19.7 Å². The molecule has 3 aromatic carbocycles. The topological polar surface area (TPSA) is 66.8 Å². The van der Waals surface area contributed by atoms with Crippen molar-refractivity contribution in [2.45, 2.75) is 20.3 Å². The zero-order valence-corrected chi connectivity index (χ0v) is 16.9. The molecule has 0 saturated heterocycles. The van der Waals surface area contributed by atoms with E-state index in [0.29, 0.717) is 27.5 Å². The fourth-order valence-corrected chi connectivity index (χ4v) is 4.37. The van der Waals surface area contributed by atoms with Crippen LogP contribution in [0.25, 0.3) is 10.1 Å². The van der Waals surface area contributed by atoms with Gasteiger partial charge < -0.3 is 14.9 Å². The zero-order valence-electron chi connectivity index (χ0n) is 16.1. The van der Waals surface area contributed by atoms with Crippen LogP contribution in [0.15, 0.2) is 60.7 Å². The van der Waals surface area contributed by atoms with Crippen LogP contribution in [0.2, 0.25) is 0 Å². The Morgan fingerprint density at radius 1 is 0.966 bits per heavy atom. The molecule has 5 heteroatoms. The van der Waals surface area contributed by atoms with Gasteiger partial charge in [-0.25, -0.2) is 0 Å². The molecule has 4 rings (SSSR count). The minimum absolute atomic E-state index is 0.118. The number of phenolic OH excluding ortho intramolecular Hbond substituents is 2. The lowest BCUT2D eigenvalue weighted by Gasteiger charge is -2.09. The van der Waals surface area contributed by atoms with Crippen molar-refractivity contribution in [3.8, 4) is 23.0 Å². The van der Waals surface area contributed by atoms with Crippen LogP contribution in [0, 0.1) is 6.92 Å². The molecule has 0 aliphatic rings. The van der Waals surface area contributed by atoms with E-state index < -0.39 is 0 Å². The summed E-state index contributed by atoms with van der Waals surface area (Å²) in [5.41, 5.74) is 2.40. The number of ketones is 1. The molecule has 0 radical (unpaired) electrons. The van der Waals surface area contributed by atoms with Gasteiger partial charge in [0.2, 0.25) is 5.78 Å². The minimum Gasteiger partial charge on any atom is -0.508 e. The molecule has 0 spiro atoms. The van der Waals surface area contributed by atoms with E-state index in [1.165, 1.54) is 23.0 Å². The first-order valence-corrected chi connectivity index (χ1v) is 10.1. The third-order valence-electron chi connectivity index (χ3n) is 4.84. The maximum Gasteiger partial charge on any atom is 0.207 e. The van der Waals surface area contributed by atoms with Crippen LogP contribution in [-0.2, 0) is 6.42 Å². The number of ether oxygens (including phenoxy) is 1. The highest BCUT2D eigenvalue weighted by Gasteiger charge is 2.23. The number of aromatic hydroxyl groups is 2. The van der Waals surface area contributed by atoms with Gasteiger partial charge in [-0.1, -0.05) is 19.1 Å². The summed E-state index contributed by atoms with van der Waals surface area (Å²) in [6.07, 6.45) is 0.935. The standard InChI is InChI=1S/C24H20O4S/c1-3-15-4-8-18(9-5-15)28-23-20-11-7-17(26)13-21(20)29-24(23)22(27)19-10-6-16(25)12-14(19)2/h4-13,25-26H,3H2,1-2H3. The molecular weight excluding hydrogens is 384 g/mol. The molecule has 146 valence electrons. The number of rotatable bonds is 5. The molecule has 0 aliphatic carbocycles. The first-order chi connectivity index (χ1) is 14.0. The van der Waals surface area contributed by atoms with Crippen LogP contribution in [0.4, 0.5) is 0 Å². The molecule has 0 unspecified atom stereocenters. The van der Waals surface area contributed by atoms with Crippen molar-refractivity contribution in [3.05, 3.63) is 82.2 Å². The lowest BCUT2D eigenvalue weighted by molar-refractivity contribution is 0.104. The van der Waals surface area contributed by atoms with E-state index in [-0.39, 0.29) is 17.3 Å². The van der Waals surface area contributed by atoms with Gasteiger partial charge in [0, 0.05) is 15.6 Å². The Morgan fingerprint density at radius 3 is 2.34 bits per heavy atom. The molecular formula is C24H20O4S. The average Bonchev–Trinajstić information content (AvgIpc) is 3.05. The van der Waals surface area contributed by atoms with Gasteiger partial charge in [0.1, 0.15) is 22.1 Å². The second-order valence-electron chi connectivity index (χ2n) is 6.87. The minimum atomic E-state index is -0.177. The van der Waals surface area contributed by atoms with Gasteiger partial charge in [0.25, 0.3) is 0 Å². The molecule has 4 aromatic rings. The summed E-state index contributed by atoms with van der Waals surface area (Å²) in [7, 11) is 0. The summed E-state index contributed by atoms with van der Waals surface area (Å²) in [6, 6.07) is 17.5. The van der Waals surface area contributed by atoms with Crippen molar-refractivity contribution in [2.24, 2.45) is 0 Å². The number of benzene rings is 3. The number of fused-ring (bicyclic) bond motifs is 1. The summed E-state index contributed by atoms with van der Waals surface area (Å²) < 4.78 is 6.94. The molecule has 0 amide bonds. The van der Waals surface area contributed by atoms with Gasteiger partial charge in [-0.2, -0.15) is 0 Å². The molecule has 0 aliphatic heterocycles. The average molecular weight is 404 g/mol. The Labute approximate surface area is 172 Å². The van der Waals surface area contributed by atoms with Crippen LogP contribution in [0.5, 0.6) is 23.0 Å².